The van der Waals surface area contributed by atoms with E-state index in [0.717, 1.165) is 18.4 Å². The van der Waals surface area contributed by atoms with Crippen LogP contribution in [0.4, 0.5) is 5.69 Å². The fourth-order valence-electron chi connectivity index (χ4n) is 4.21. The van der Waals surface area contributed by atoms with Crippen molar-refractivity contribution in [2.24, 2.45) is 5.92 Å². The van der Waals surface area contributed by atoms with Crippen LogP contribution in [0.2, 0.25) is 5.02 Å². The Bertz CT molecular complexity index is 1150. The summed E-state index contributed by atoms with van der Waals surface area (Å²) >= 11 is 6.51. The molecule has 9 heteroatoms. The number of rotatable bonds is 6. The number of pyridine rings is 1. The highest BCUT2D eigenvalue weighted by atomic mass is 35.5. The minimum atomic E-state index is -0.734. The van der Waals surface area contributed by atoms with Crippen molar-refractivity contribution in [3.05, 3.63) is 29.3 Å². The van der Waals surface area contributed by atoms with Gasteiger partial charge in [0.1, 0.15) is 11.9 Å². The Balaban J connectivity index is 1.33. The first-order chi connectivity index (χ1) is 15.5. The Labute approximate surface area is 190 Å². The largest absolute Gasteiger partial charge is 0.488 e. The van der Waals surface area contributed by atoms with Crippen LogP contribution in [-0.2, 0) is 4.79 Å². The van der Waals surface area contributed by atoms with E-state index in [-0.39, 0.29) is 18.1 Å². The molecule has 4 N–H and O–H groups in total. The van der Waals surface area contributed by atoms with Crippen LogP contribution in [0.25, 0.3) is 22.4 Å². The van der Waals surface area contributed by atoms with Gasteiger partial charge >= 0.3 is 5.97 Å². The minimum absolute atomic E-state index is 0.0656. The number of benzene rings is 1. The van der Waals surface area contributed by atoms with E-state index in [4.69, 9.17) is 31.9 Å². The van der Waals surface area contributed by atoms with E-state index < -0.39 is 5.97 Å². The Morgan fingerprint density at radius 2 is 1.81 bits per heavy atom. The van der Waals surface area contributed by atoms with Crippen molar-refractivity contribution in [2.75, 3.05) is 5.73 Å². The number of nitrogens with zero attached hydrogens (tertiary/aromatic N) is 2. The van der Waals surface area contributed by atoms with Crippen molar-refractivity contribution in [1.82, 2.24) is 15.0 Å². The summed E-state index contributed by atoms with van der Waals surface area (Å²) in [6.45, 7) is 0. The Morgan fingerprint density at radius 1 is 1.06 bits per heavy atom. The van der Waals surface area contributed by atoms with Crippen LogP contribution >= 0.6 is 11.6 Å². The third-order valence-electron chi connectivity index (χ3n) is 6.34. The molecule has 0 bridgehead atoms. The Kier molecular flexibility index (Phi) is 5.55. The zero-order valence-electron chi connectivity index (χ0n) is 17.5. The molecule has 0 unspecified atom stereocenters. The van der Waals surface area contributed by atoms with Crippen LogP contribution in [0.15, 0.2) is 24.3 Å². The van der Waals surface area contributed by atoms with Crippen molar-refractivity contribution >= 4 is 34.4 Å². The van der Waals surface area contributed by atoms with Crippen molar-refractivity contribution in [3.63, 3.8) is 0 Å². The summed E-state index contributed by atoms with van der Waals surface area (Å²) in [6.07, 6.45) is 6.09. The zero-order valence-corrected chi connectivity index (χ0v) is 18.3. The highest BCUT2D eigenvalue weighted by Crippen LogP contribution is 2.35. The number of fused-ring (bicyclic) bond motifs is 1. The summed E-state index contributed by atoms with van der Waals surface area (Å²) in [7, 11) is 0. The normalized spacial score (nSPS) is 21.3. The third kappa shape index (κ3) is 4.19. The van der Waals surface area contributed by atoms with Crippen LogP contribution in [0.5, 0.6) is 11.8 Å². The van der Waals surface area contributed by atoms with Crippen molar-refractivity contribution in [1.29, 1.82) is 0 Å². The molecule has 8 nitrogen and oxygen atoms in total. The van der Waals surface area contributed by atoms with E-state index in [1.165, 1.54) is 6.42 Å². The zero-order chi connectivity index (χ0) is 22.2. The van der Waals surface area contributed by atoms with E-state index in [9.17, 15) is 4.79 Å². The summed E-state index contributed by atoms with van der Waals surface area (Å²) in [5.41, 5.74) is 9.30. The Hall–Kier alpha value is -3.00. The number of carboxylic acid groups (broad SMARTS) is 1. The standard InChI is InChI=1S/C23H25ClN4O4/c24-16-11-18-21(28-23(26-18)32-15-7-4-12(5-8-15)22(29)30)27-20(16)13-6-9-19(17(25)10-13)31-14-2-1-3-14/h6,9-12,14-15H,1-5,7-8,25H2,(H,29,30)(H,26,27,28)/t12-,15-. The van der Waals surface area contributed by atoms with E-state index >= 15 is 0 Å². The number of aliphatic carboxylic acids is 1. The molecule has 2 fully saturated rings. The minimum Gasteiger partial charge on any atom is -0.488 e. The maximum Gasteiger partial charge on any atom is 0.306 e. The quantitative estimate of drug-likeness (QED) is 0.454. The highest BCUT2D eigenvalue weighted by molar-refractivity contribution is 6.33. The first-order valence-corrected chi connectivity index (χ1v) is 11.4. The molecule has 0 spiro atoms. The van der Waals surface area contributed by atoms with E-state index in [0.29, 0.717) is 65.0 Å². The second kappa shape index (κ2) is 8.50. The molecule has 2 heterocycles. The molecule has 0 saturated heterocycles. The predicted molar refractivity (Wildman–Crippen MR) is 121 cm³/mol. The van der Waals surface area contributed by atoms with Crippen molar-refractivity contribution < 1.29 is 19.4 Å². The van der Waals surface area contributed by atoms with Crippen LogP contribution in [-0.4, -0.2) is 38.2 Å². The lowest BCUT2D eigenvalue weighted by molar-refractivity contribution is -0.143. The second-order valence-electron chi connectivity index (χ2n) is 8.59. The number of hydrogen-bond donors (Lipinski definition) is 3. The summed E-state index contributed by atoms with van der Waals surface area (Å²) in [6, 6.07) is 7.71. The molecule has 3 aromatic rings. The highest BCUT2D eigenvalue weighted by Gasteiger charge is 2.27. The van der Waals surface area contributed by atoms with Gasteiger partial charge in [0.2, 0.25) is 0 Å². The van der Waals surface area contributed by atoms with Crippen molar-refractivity contribution in [2.45, 2.75) is 57.2 Å². The lowest BCUT2D eigenvalue weighted by atomic mass is 9.87. The van der Waals surface area contributed by atoms with Crippen LogP contribution < -0.4 is 15.2 Å². The van der Waals surface area contributed by atoms with Gasteiger partial charge in [-0.3, -0.25) is 4.79 Å². The molecule has 0 atom stereocenters. The number of aromatic nitrogens is 3. The number of aromatic amines is 1. The number of H-pyrrole nitrogens is 1. The lowest BCUT2D eigenvalue weighted by Crippen LogP contribution is -2.28. The van der Waals surface area contributed by atoms with Crippen LogP contribution in [0.1, 0.15) is 44.9 Å². The average molecular weight is 457 g/mol. The SMILES string of the molecule is Nc1cc(-c2nc3nc(O[C@H]4CC[C@H](C(=O)O)CC4)[nH]c3cc2Cl)ccc1OC1CCC1. The van der Waals surface area contributed by atoms with Gasteiger partial charge < -0.3 is 25.3 Å². The van der Waals surface area contributed by atoms with Crippen molar-refractivity contribution in [3.8, 4) is 23.0 Å². The molecule has 32 heavy (non-hydrogen) atoms. The van der Waals surface area contributed by atoms with E-state index in [2.05, 4.69) is 15.0 Å². The number of imidazole rings is 1. The van der Waals surface area contributed by atoms with Gasteiger partial charge in [0.15, 0.2) is 5.65 Å². The maximum absolute atomic E-state index is 11.1. The first-order valence-electron chi connectivity index (χ1n) is 11.0. The molecule has 0 aliphatic heterocycles. The Morgan fingerprint density at radius 3 is 2.47 bits per heavy atom. The molecule has 2 aliphatic carbocycles. The number of hydrogen-bond acceptors (Lipinski definition) is 6. The van der Waals surface area contributed by atoms with Crippen LogP contribution in [0, 0.1) is 5.92 Å². The number of anilines is 1. The van der Waals surface area contributed by atoms with Gasteiger partial charge in [-0.15, -0.1) is 0 Å². The smallest absolute Gasteiger partial charge is 0.306 e. The third-order valence-corrected chi connectivity index (χ3v) is 6.62. The maximum atomic E-state index is 11.1. The molecule has 2 aliphatic rings. The lowest BCUT2D eigenvalue weighted by Gasteiger charge is -2.27. The number of nitrogen functional groups attached to an aromatic ring is 1. The van der Waals surface area contributed by atoms with Gasteiger partial charge in [-0.25, -0.2) is 4.98 Å². The first kappa shape index (κ1) is 20.9. The summed E-state index contributed by atoms with van der Waals surface area (Å²) in [5, 5.41) is 9.62. The van der Waals surface area contributed by atoms with E-state index in [1.807, 2.05) is 18.2 Å². The van der Waals surface area contributed by atoms with Gasteiger partial charge in [0.05, 0.1) is 33.9 Å². The molecular formula is C23H25ClN4O4. The number of carboxylic acids is 1. The van der Waals surface area contributed by atoms with Gasteiger partial charge in [-0.05, 0) is 69.2 Å². The van der Waals surface area contributed by atoms with Crippen LogP contribution in [0.3, 0.4) is 0 Å². The molecule has 2 saturated carbocycles. The fourth-order valence-corrected chi connectivity index (χ4v) is 4.47. The molecule has 1 aromatic carbocycles. The molecule has 0 amide bonds. The molecule has 0 radical (unpaired) electrons. The van der Waals surface area contributed by atoms with E-state index in [1.54, 1.807) is 6.07 Å². The van der Waals surface area contributed by atoms with Gasteiger partial charge in [-0.1, -0.05) is 11.6 Å². The van der Waals surface area contributed by atoms with Gasteiger partial charge in [0, 0.05) is 5.56 Å². The number of ether oxygens (including phenoxy) is 2. The average Bonchev–Trinajstić information content (AvgIpc) is 3.12. The molecule has 2 aromatic heterocycles. The monoisotopic (exact) mass is 456 g/mol. The summed E-state index contributed by atoms with van der Waals surface area (Å²) in [5.74, 6) is -0.336. The molecule has 5 rings (SSSR count). The number of nitrogens with one attached hydrogen (secondary N) is 1. The number of halogens is 1. The molecule has 168 valence electrons. The topological polar surface area (TPSA) is 123 Å². The summed E-state index contributed by atoms with van der Waals surface area (Å²) in [4.78, 5) is 23.3. The predicted octanol–water partition coefficient (Wildman–Crippen LogP) is 4.81. The number of carbonyl (C=O) groups is 1. The second-order valence-corrected chi connectivity index (χ2v) is 8.99. The fraction of sp³-hybridized carbons (Fsp3) is 0.435. The number of nitrogens with two attached hydrogens (primary N) is 1. The van der Waals surface area contributed by atoms with Gasteiger partial charge in [0.25, 0.3) is 6.01 Å². The van der Waals surface area contributed by atoms with Gasteiger partial charge in [-0.2, -0.15) is 4.98 Å². The summed E-state index contributed by atoms with van der Waals surface area (Å²) < 4.78 is 11.9. The molecular weight excluding hydrogens is 432 g/mol.